The lowest BCUT2D eigenvalue weighted by Gasteiger charge is -2.32. The quantitative estimate of drug-likeness (QED) is 0.765. The summed E-state index contributed by atoms with van der Waals surface area (Å²) in [4.78, 5) is 28.6. The number of fused-ring (bicyclic) bond motifs is 1. The summed E-state index contributed by atoms with van der Waals surface area (Å²) in [6.07, 6.45) is 2.86. The van der Waals surface area contributed by atoms with Gasteiger partial charge in [-0.2, -0.15) is 0 Å². The van der Waals surface area contributed by atoms with E-state index in [0.717, 1.165) is 49.9 Å². The zero-order chi connectivity index (χ0) is 20.3. The topological polar surface area (TPSA) is 61.9 Å². The van der Waals surface area contributed by atoms with Crippen LogP contribution in [0, 0.1) is 5.92 Å². The molecule has 0 spiro atoms. The summed E-state index contributed by atoms with van der Waals surface area (Å²) in [7, 11) is 2.74. The first-order valence-electron chi connectivity index (χ1n) is 10.3. The third-order valence-electron chi connectivity index (χ3n) is 5.86. The van der Waals surface area contributed by atoms with Gasteiger partial charge in [0.2, 0.25) is 5.91 Å². The standard InChI is InChI=1S/C21H32N3O3P/c1-4-14(2)13-24-11-12-27-18-6-5-17(20(28)19(18)21(24)26)22-16-7-9-23(10-8-16)15(3)25/h5-6,14,16,22H,4,7-13,28H2,1-3H3. The van der Waals surface area contributed by atoms with Crippen LogP contribution in [0.5, 0.6) is 5.75 Å². The Labute approximate surface area is 170 Å². The molecule has 0 aliphatic carbocycles. The molecule has 1 N–H and O–H groups in total. The van der Waals surface area contributed by atoms with Crippen molar-refractivity contribution in [2.45, 2.75) is 46.1 Å². The Morgan fingerprint density at radius 3 is 2.68 bits per heavy atom. The molecule has 0 saturated carbocycles. The van der Waals surface area contributed by atoms with Crippen molar-refractivity contribution in [3.05, 3.63) is 17.7 Å². The third kappa shape index (κ3) is 4.60. The van der Waals surface area contributed by atoms with Crippen molar-refractivity contribution in [1.29, 1.82) is 0 Å². The number of anilines is 1. The van der Waals surface area contributed by atoms with Crippen LogP contribution >= 0.6 is 9.24 Å². The fourth-order valence-corrected chi connectivity index (χ4v) is 4.28. The highest BCUT2D eigenvalue weighted by Gasteiger charge is 2.28. The summed E-state index contributed by atoms with van der Waals surface area (Å²) in [6, 6.07) is 4.20. The Morgan fingerprint density at radius 2 is 2.04 bits per heavy atom. The summed E-state index contributed by atoms with van der Waals surface area (Å²) < 4.78 is 5.88. The van der Waals surface area contributed by atoms with Crippen LogP contribution in [-0.4, -0.2) is 60.4 Å². The van der Waals surface area contributed by atoms with Crippen LogP contribution in [0.1, 0.15) is 50.4 Å². The zero-order valence-electron chi connectivity index (χ0n) is 17.2. The van der Waals surface area contributed by atoms with Crippen molar-refractivity contribution in [2.75, 3.05) is 38.1 Å². The van der Waals surface area contributed by atoms with Gasteiger partial charge in [-0.15, -0.1) is 9.24 Å². The summed E-state index contributed by atoms with van der Waals surface area (Å²) in [5.74, 6) is 1.32. The van der Waals surface area contributed by atoms with Crippen molar-refractivity contribution in [3.8, 4) is 5.75 Å². The first kappa shape index (κ1) is 20.9. The number of carbonyl (C=O) groups excluding carboxylic acids is 2. The lowest BCUT2D eigenvalue weighted by atomic mass is 10.0. The zero-order valence-corrected chi connectivity index (χ0v) is 18.3. The highest BCUT2D eigenvalue weighted by Crippen LogP contribution is 2.28. The first-order valence-corrected chi connectivity index (χ1v) is 10.8. The number of nitrogens with zero attached hydrogens (tertiary/aromatic N) is 2. The maximum Gasteiger partial charge on any atom is 0.258 e. The maximum atomic E-state index is 13.2. The molecule has 0 bridgehead atoms. The van der Waals surface area contributed by atoms with E-state index < -0.39 is 0 Å². The second kappa shape index (κ2) is 9.13. The number of ether oxygens (including phenoxy) is 1. The van der Waals surface area contributed by atoms with Crippen LogP contribution in [0.25, 0.3) is 0 Å². The first-order chi connectivity index (χ1) is 13.4. The molecule has 1 aromatic rings. The Balaban J connectivity index is 1.77. The Hall–Kier alpha value is -1.81. The average molecular weight is 405 g/mol. The minimum Gasteiger partial charge on any atom is -0.491 e. The molecule has 6 nitrogen and oxygen atoms in total. The van der Waals surface area contributed by atoms with E-state index in [1.807, 2.05) is 21.9 Å². The number of hydrogen-bond donors (Lipinski definition) is 1. The van der Waals surface area contributed by atoms with Gasteiger partial charge in [-0.1, -0.05) is 20.3 Å². The van der Waals surface area contributed by atoms with Gasteiger partial charge in [-0.05, 0) is 30.9 Å². The number of piperidine rings is 1. The highest BCUT2D eigenvalue weighted by molar-refractivity contribution is 7.28. The fourth-order valence-electron chi connectivity index (χ4n) is 3.83. The largest absolute Gasteiger partial charge is 0.491 e. The smallest absolute Gasteiger partial charge is 0.258 e. The number of rotatable bonds is 5. The van der Waals surface area contributed by atoms with Crippen LogP contribution in [0.4, 0.5) is 5.69 Å². The number of carbonyl (C=O) groups is 2. The number of benzene rings is 1. The van der Waals surface area contributed by atoms with Gasteiger partial charge in [0, 0.05) is 43.6 Å². The van der Waals surface area contributed by atoms with Gasteiger partial charge in [0.15, 0.2) is 0 Å². The molecule has 1 aromatic carbocycles. The summed E-state index contributed by atoms with van der Waals surface area (Å²) >= 11 is 0. The van der Waals surface area contributed by atoms with Crippen molar-refractivity contribution in [2.24, 2.45) is 5.92 Å². The van der Waals surface area contributed by atoms with Gasteiger partial charge >= 0.3 is 0 Å². The van der Waals surface area contributed by atoms with Crippen molar-refractivity contribution in [3.63, 3.8) is 0 Å². The van der Waals surface area contributed by atoms with Crippen LogP contribution in [-0.2, 0) is 4.79 Å². The van der Waals surface area contributed by atoms with E-state index in [-0.39, 0.29) is 11.8 Å². The lowest BCUT2D eigenvalue weighted by molar-refractivity contribution is -0.129. The van der Waals surface area contributed by atoms with Crippen molar-refractivity contribution >= 4 is 32.0 Å². The molecule has 7 heteroatoms. The molecule has 2 amide bonds. The normalized spacial score (nSPS) is 18.9. The van der Waals surface area contributed by atoms with Gasteiger partial charge in [0.05, 0.1) is 12.1 Å². The maximum absolute atomic E-state index is 13.2. The molecule has 28 heavy (non-hydrogen) atoms. The predicted molar refractivity (Wildman–Crippen MR) is 116 cm³/mol. The van der Waals surface area contributed by atoms with Gasteiger partial charge in [0.25, 0.3) is 5.91 Å². The molecule has 2 heterocycles. The molecule has 2 unspecified atom stereocenters. The molecule has 1 saturated heterocycles. The highest BCUT2D eigenvalue weighted by atomic mass is 31.0. The van der Waals surface area contributed by atoms with Gasteiger partial charge in [0.1, 0.15) is 12.4 Å². The van der Waals surface area contributed by atoms with Gasteiger partial charge in [-0.3, -0.25) is 9.59 Å². The van der Waals surface area contributed by atoms with Crippen LogP contribution in [0.2, 0.25) is 0 Å². The number of likely N-dealkylation sites (tertiary alicyclic amines) is 1. The van der Waals surface area contributed by atoms with E-state index in [2.05, 4.69) is 28.4 Å². The molecular weight excluding hydrogens is 373 g/mol. The number of amides is 2. The van der Waals surface area contributed by atoms with E-state index >= 15 is 0 Å². The van der Waals surface area contributed by atoms with E-state index in [9.17, 15) is 9.59 Å². The Morgan fingerprint density at radius 1 is 1.32 bits per heavy atom. The van der Waals surface area contributed by atoms with Crippen LogP contribution in [0.15, 0.2) is 12.1 Å². The second-order valence-corrected chi connectivity index (χ2v) is 8.52. The SMILES string of the molecule is CCC(C)CN1CCOc2ccc(NC3CCN(C(C)=O)CC3)c(P)c2C1=O. The molecule has 0 radical (unpaired) electrons. The average Bonchev–Trinajstić information content (AvgIpc) is 2.84. The van der Waals surface area contributed by atoms with E-state index in [1.165, 1.54) is 0 Å². The van der Waals surface area contributed by atoms with E-state index in [0.29, 0.717) is 36.4 Å². The Kier molecular flexibility index (Phi) is 6.82. The van der Waals surface area contributed by atoms with Gasteiger partial charge < -0.3 is 19.9 Å². The summed E-state index contributed by atoms with van der Waals surface area (Å²) in [6.45, 7) is 9.39. The minimum atomic E-state index is 0.0489. The van der Waals surface area contributed by atoms with Crippen LogP contribution < -0.4 is 15.4 Å². The molecule has 154 valence electrons. The molecule has 1 fully saturated rings. The molecule has 2 atom stereocenters. The van der Waals surface area contributed by atoms with E-state index in [1.54, 1.807) is 6.92 Å². The number of hydrogen-bond acceptors (Lipinski definition) is 4. The molecule has 0 aromatic heterocycles. The molecule has 3 rings (SSSR count). The van der Waals surface area contributed by atoms with E-state index in [4.69, 9.17) is 4.74 Å². The monoisotopic (exact) mass is 405 g/mol. The molecule has 2 aliphatic rings. The Bertz CT molecular complexity index is 732. The third-order valence-corrected chi connectivity index (χ3v) is 6.46. The van der Waals surface area contributed by atoms with Crippen molar-refractivity contribution < 1.29 is 14.3 Å². The molecule has 2 aliphatic heterocycles. The van der Waals surface area contributed by atoms with Crippen molar-refractivity contribution in [1.82, 2.24) is 9.80 Å². The minimum absolute atomic E-state index is 0.0489. The predicted octanol–water partition coefficient (Wildman–Crippen LogP) is 2.49. The molecular formula is C21H32N3O3P. The van der Waals surface area contributed by atoms with Crippen LogP contribution in [0.3, 0.4) is 0 Å². The number of nitrogens with one attached hydrogen (secondary N) is 1. The van der Waals surface area contributed by atoms with Gasteiger partial charge in [-0.25, -0.2) is 0 Å². The fraction of sp³-hybridized carbons (Fsp3) is 0.619. The second-order valence-electron chi connectivity index (χ2n) is 7.94. The summed E-state index contributed by atoms with van der Waals surface area (Å²) in [5.41, 5.74) is 1.60. The lowest BCUT2D eigenvalue weighted by Crippen LogP contribution is -2.42. The summed E-state index contributed by atoms with van der Waals surface area (Å²) in [5, 5.41) is 4.45.